The fraction of sp³-hybridized carbons (Fsp3) is 0.200. The molecule has 0 saturated heterocycles. The van der Waals surface area contributed by atoms with Crippen LogP contribution >= 0.6 is 15.3 Å². The maximum Gasteiger partial charge on any atom is 0.161 e. The number of fused-ring (bicyclic) bond motifs is 1. The van der Waals surface area contributed by atoms with Crippen LogP contribution in [-0.4, -0.2) is 7.42 Å². The molecule has 0 aliphatic rings. The van der Waals surface area contributed by atoms with Crippen LogP contribution in [0.15, 0.2) is 48.2 Å². The van der Waals surface area contributed by atoms with Crippen LogP contribution in [0.2, 0.25) is 6.04 Å². The van der Waals surface area contributed by atoms with Gasteiger partial charge in [-0.1, -0.05) is 67.6 Å². The minimum absolute atomic E-state index is 0.474. The summed E-state index contributed by atoms with van der Waals surface area (Å²) in [6.07, 6.45) is 3.51. The molecule has 2 aromatic carbocycles. The number of hydrogen-bond donors (Lipinski definition) is 0. The zero-order chi connectivity index (χ0) is 12.1. The molecule has 0 aliphatic heterocycles. The monoisotopic (exact) mass is 303 g/mol. The van der Waals surface area contributed by atoms with Crippen molar-refractivity contribution in [2.75, 3.05) is 0 Å². The van der Waals surface area contributed by atoms with E-state index in [-0.39, 0.29) is 0 Å². The van der Waals surface area contributed by atoms with E-state index in [0.29, 0.717) is 0 Å². The third kappa shape index (κ3) is 3.30. The molecule has 2 heteroatoms. The van der Waals surface area contributed by atoms with Crippen LogP contribution in [0.4, 0.5) is 0 Å². The van der Waals surface area contributed by atoms with Gasteiger partial charge in [0.15, 0.2) is 7.42 Å². The van der Waals surface area contributed by atoms with Crippen molar-refractivity contribution < 1.29 is 0 Å². The van der Waals surface area contributed by atoms with E-state index in [9.17, 15) is 0 Å². The summed E-state index contributed by atoms with van der Waals surface area (Å²) in [6, 6.07) is 16.3. The minimum atomic E-state index is -0.474. The molecule has 0 atom stereocenters. The molecule has 0 bridgehead atoms. The van der Waals surface area contributed by atoms with Gasteiger partial charge in [0.25, 0.3) is 0 Å². The first-order valence-corrected chi connectivity index (χ1v) is 10.0. The number of halogens is 1. The Morgan fingerprint density at radius 2 is 1.88 bits per heavy atom. The maximum absolute atomic E-state index is 3.77. The van der Waals surface area contributed by atoms with Gasteiger partial charge in [0.05, 0.1) is 0 Å². The van der Waals surface area contributed by atoms with Crippen molar-refractivity contribution in [3.8, 4) is 0 Å². The lowest BCUT2D eigenvalue weighted by Gasteiger charge is -2.02. The van der Waals surface area contributed by atoms with E-state index in [4.69, 9.17) is 0 Å². The molecule has 87 valence electrons. The molecule has 0 amide bonds. The standard InChI is InChI=1S/C15H16BrSi/c1-2-11-17(16)12-10-14-8-5-7-13-6-3-4-9-15(13)14/h3-10,12H,2,11H2,1H3. The second-order valence-electron chi connectivity index (χ2n) is 4.10. The van der Waals surface area contributed by atoms with Gasteiger partial charge >= 0.3 is 0 Å². The van der Waals surface area contributed by atoms with Gasteiger partial charge in [0, 0.05) is 0 Å². The highest BCUT2D eigenvalue weighted by molar-refractivity contribution is 9.24. The molecule has 0 saturated carbocycles. The summed E-state index contributed by atoms with van der Waals surface area (Å²) in [7, 11) is -0.474. The largest absolute Gasteiger partial charge is 0.161 e. The predicted octanol–water partition coefficient (Wildman–Crippen LogP) is 5.19. The normalized spacial score (nSPS) is 11.7. The topological polar surface area (TPSA) is 0 Å². The molecule has 0 nitrogen and oxygen atoms in total. The molecule has 0 aromatic heterocycles. The summed E-state index contributed by atoms with van der Waals surface area (Å²) >= 11 is 3.77. The van der Waals surface area contributed by atoms with Gasteiger partial charge in [-0.2, -0.15) is 0 Å². The Morgan fingerprint density at radius 1 is 1.12 bits per heavy atom. The molecule has 0 spiro atoms. The molecule has 2 aromatic rings. The van der Waals surface area contributed by atoms with E-state index in [1.54, 1.807) is 0 Å². The maximum atomic E-state index is 3.77. The quantitative estimate of drug-likeness (QED) is 0.539. The predicted molar refractivity (Wildman–Crippen MR) is 82.8 cm³/mol. The lowest BCUT2D eigenvalue weighted by Crippen LogP contribution is -1.95. The zero-order valence-corrected chi connectivity index (χ0v) is 12.6. The summed E-state index contributed by atoms with van der Waals surface area (Å²) in [5.74, 6) is 0. The van der Waals surface area contributed by atoms with Crippen molar-refractivity contribution in [1.29, 1.82) is 0 Å². The Labute approximate surface area is 113 Å². The highest BCUT2D eigenvalue weighted by Gasteiger charge is 2.01. The van der Waals surface area contributed by atoms with Crippen molar-refractivity contribution in [1.82, 2.24) is 0 Å². The van der Waals surface area contributed by atoms with Crippen LogP contribution in [0, 0.1) is 0 Å². The van der Waals surface area contributed by atoms with Crippen LogP contribution in [0.1, 0.15) is 18.9 Å². The molecular formula is C15H16BrSi. The molecule has 0 N–H and O–H groups in total. The summed E-state index contributed by atoms with van der Waals surface area (Å²) in [6.45, 7) is 2.23. The van der Waals surface area contributed by atoms with Crippen molar-refractivity contribution in [3.63, 3.8) is 0 Å². The number of hydrogen-bond acceptors (Lipinski definition) is 0. The van der Waals surface area contributed by atoms with Gasteiger partial charge in [-0.3, -0.25) is 0 Å². The Kier molecular flexibility index (Phi) is 4.57. The molecule has 0 aliphatic carbocycles. The molecule has 0 heterocycles. The summed E-state index contributed by atoms with van der Waals surface area (Å²) in [5.41, 5.74) is 3.66. The second kappa shape index (κ2) is 6.17. The molecule has 17 heavy (non-hydrogen) atoms. The fourth-order valence-electron chi connectivity index (χ4n) is 1.90. The second-order valence-corrected chi connectivity index (χ2v) is 8.88. The van der Waals surface area contributed by atoms with Gasteiger partial charge in [-0.05, 0) is 22.4 Å². The third-order valence-electron chi connectivity index (χ3n) is 2.76. The summed E-state index contributed by atoms with van der Waals surface area (Å²) < 4.78 is 0. The van der Waals surface area contributed by atoms with Crippen LogP contribution < -0.4 is 0 Å². The third-order valence-corrected chi connectivity index (χ3v) is 6.24. The van der Waals surface area contributed by atoms with E-state index in [1.807, 2.05) is 0 Å². The van der Waals surface area contributed by atoms with Gasteiger partial charge in [0.2, 0.25) is 0 Å². The smallest absolute Gasteiger partial charge is 0.123 e. The average molecular weight is 304 g/mol. The van der Waals surface area contributed by atoms with E-state index in [2.05, 4.69) is 76.5 Å². The molecular weight excluding hydrogens is 288 g/mol. The average Bonchev–Trinajstić information content (AvgIpc) is 2.36. The Hall–Kier alpha value is -0.863. The van der Waals surface area contributed by atoms with Gasteiger partial charge < -0.3 is 0 Å². The van der Waals surface area contributed by atoms with E-state index >= 15 is 0 Å². The first-order valence-electron chi connectivity index (χ1n) is 5.98. The lowest BCUT2D eigenvalue weighted by molar-refractivity contribution is 1.08. The Balaban J connectivity index is 2.30. The van der Waals surface area contributed by atoms with E-state index in [1.165, 1.54) is 28.8 Å². The highest BCUT2D eigenvalue weighted by Crippen LogP contribution is 2.20. The highest BCUT2D eigenvalue weighted by atomic mass is 79.9. The fourth-order valence-corrected chi connectivity index (χ4v) is 4.49. The number of rotatable bonds is 4. The molecule has 0 unspecified atom stereocenters. The Morgan fingerprint density at radius 3 is 2.71 bits per heavy atom. The van der Waals surface area contributed by atoms with Crippen molar-refractivity contribution in [3.05, 3.63) is 53.7 Å². The van der Waals surface area contributed by atoms with E-state index < -0.39 is 7.42 Å². The molecule has 2 rings (SSSR count). The first-order chi connectivity index (χ1) is 8.31. The van der Waals surface area contributed by atoms with Crippen molar-refractivity contribution >= 4 is 39.6 Å². The Bertz CT molecular complexity index is 514. The van der Waals surface area contributed by atoms with Crippen LogP contribution in [0.25, 0.3) is 16.8 Å². The first kappa shape index (κ1) is 12.6. The van der Waals surface area contributed by atoms with Crippen LogP contribution in [-0.2, 0) is 0 Å². The van der Waals surface area contributed by atoms with Gasteiger partial charge in [0.1, 0.15) is 0 Å². The SMILES string of the molecule is CCC[Si](Br)C=Cc1cccc2ccccc12. The lowest BCUT2D eigenvalue weighted by atomic mass is 10.1. The van der Waals surface area contributed by atoms with Crippen LogP contribution in [0.3, 0.4) is 0 Å². The minimum Gasteiger partial charge on any atom is -0.123 e. The summed E-state index contributed by atoms with van der Waals surface area (Å²) in [4.78, 5) is 0. The zero-order valence-electron chi connectivity index (χ0n) is 9.99. The van der Waals surface area contributed by atoms with Gasteiger partial charge in [-0.15, -0.1) is 15.3 Å². The van der Waals surface area contributed by atoms with Crippen molar-refractivity contribution in [2.45, 2.75) is 19.4 Å². The van der Waals surface area contributed by atoms with E-state index in [0.717, 1.165) is 0 Å². The molecule has 1 radical (unpaired) electrons. The molecule has 0 fully saturated rings. The van der Waals surface area contributed by atoms with Crippen LogP contribution in [0.5, 0.6) is 0 Å². The van der Waals surface area contributed by atoms with Crippen molar-refractivity contribution in [2.24, 2.45) is 0 Å². The number of benzene rings is 2. The van der Waals surface area contributed by atoms with Gasteiger partial charge in [-0.25, -0.2) is 0 Å². The summed E-state index contributed by atoms with van der Waals surface area (Å²) in [5, 5.41) is 2.65.